The van der Waals surface area contributed by atoms with Gasteiger partial charge in [-0.3, -0.25) is 0 Å². The number of hydrogen-bond acceptors (Lipinski definition) is 2. The van der Waals surface area contributed by atoms with Crippen molar-refractivity contribution in [3.05, 3.63) is 22.2 Å². The molecule has 1 aromatic carbocycles. The lowest BCUT2D eigenvalue weighted by Crippen LogP contribution is -1.89. The number of fused-ring (bicyclic) bond motifs is 1. The van der Waals surface area contributed by atoms with Gasteiger partial charge in [0.25, 0.3) is 0 Å². The van der Waals surface area contributed by atoms with Gasteiger partial charge in [0.05, 0.1) is 6.61 Å². The summed E-state index contributed by atoms with van der Waals surface area (Å²) in [6.07, 6.45) is 0.959. The zero-order chi connectivity index (χ0) is 7.84. The predicted molar refractivity (Wildman–Crippen MR) is 47.8 cm³/mol. The summed E-state index contributed by atoms with van der Waals surface area (Å²) in [5, 5.41) is 0. The standard InChI is InChI=1S/C8H8BrNO/c9-8-5-3-4-11-7(5)2-1-6(8)10/h1-2H,3-4,10H2. The Morgan fingerprint density at radius 3 is 3.09 bits per heavy atom. The molecule has 0 aliphatic carbocycles. The summed E-state index contributed by atoms with van der Waals surface area (Å²) in [5.74, 6) is 0.964. The molecule has 0 saturated heterocycles. The fraction of sp³-hybridized carbons (Fsp3) is 0.250. The third-order valence-electron chi connectivity index (χ3n) is 1.84. The van der Waals surface area contributed by atoms with Crippen LogP contribution in [0.4, 0.5) is 5.69 Å². The lowest BCUT2D eigenvalue weighted by molar-refractivity contribution is 0.357. The Balaban J connectivity index is 2.62. The van der Waals surface area contributed by atoms with Crippen molar-refractivity contribution in [1.82, 2.24) is 0 Å². The van der Waals surface area contributed by atoms with Crippen LogP contribution in [0.3, 0.4) is 0 Å². The molecule has 0 bridgehead atoms. The Bertz CT molecular complexity index is 298. The molecule has 1 heterocycles. The number of nitrogen functional groups attached to an aromatic ring is 1. The van der Waals surface area contributed by atoms with Crippen molar-refractivity contribution in [1.29, 1.82) is 0 Å². The highest BCUT2D eigenvalue weighted by molar-refractivity contribution is 9.10. The van der Waals surface area contributed by atoms with Crippen molar-refractivity contribution in [2.75, 3.05) is 12.3 Å². The summed E-state index contributed by atoms with van der Waals surface area (Å²) in [6.45, 7) is 0.775. The molecule has 0 radical (unpaired) electrons. The van der Waals surface area contributed by atoms with Gasteiger partial charge in [-0.25, -0.2) is 0 Å². The minimum absolute atomic E-state index is 0.775. The molecule has 0 unspecified atom stereocenters. The topological polar surface area (TPSA) is 35.2 Å². The third kappa shape index (κ3) is 0.997. The maximum atomic E-state index is 5.69. The zero-order valence-electron chi connectivity index (χ0n) is 5.93. The molecule has 0 atom stereocenters. The largest absolute Gasteiger partial charge is 0.493 e. The van der Waals surface area contributed by atoms with Crippen LogP contribution >= 0.6 is 15.9 Å². The monoisotopic (exact) mass is 213 g/mol. The first-order valence-corrected chi connectivity index (χ1v) is 4.28. The summed E-state index contributed by atoms with van der Waals surface area (Å²) >= 11 is 3.43. The summed E-state index contributed by atoms with van der Waals surface area (Å²) in [6, 6.07) is 3.77. The first kappa shape index (κ1) is 6.98. The lowest BCUT2D eigenvalue weighted by Gasteiger charge is -2.02. The molecule has 2 N–H and O–H groups in total. The van der Waals surface area contributed by atoms with Gasteiger partial charge in [0.2, 0.25) is 0 Å². The minimum atomic E-state index is 0.775. The van der Waals surface area contributed by atoms with Crippen LogP contribution in [0.25, 0.3) is 0 Å². The summed E-state index contributed by atoms with van der Waals surface area (Å²) in [7, 11) is 0. The number of nitrogens with two attached hydrogens (primary N) is 1. The van der Waals surface area contributed by atoms with Crippen LogP contribution < -0.4 is 10.5 Å². The van der Waals surface area contributed by atoms with Crippen LogP contribution in [0, 0.1) is 0 Å². The number of anilines is 1. The number of halogens is 1. The van der Waals surface area contributed by atoms with Gasteiger partial charge in [0.1, 0.15) is 5.75 Å². The fourth-order valence-electron chi connectivity index (χ4n) is 1.25. The summed E-state index contributed by atoms with van der Waals surface area (Å²) in [5.41, 5.74) is 7.68. The second kappa shape index (κ2) is 2.41. The van der Waals surface area contributed by atoms with E-state index in [1.165, 1.54) is 5.56 Å². The van der Waals surface area contributed by atoms with Gasteiger partial charge >= 0.3 is 0 Å². The molecule has 58 valence electrons. The average molecular weight is 214 g/mol. The van der Waals surface area contributed by atoms with Crippen LogP contribution in [0.2, 0.25) is 0 Å². The van der Waals surface area contributed by atoms with E-state index in [1.54, 1.807) is 0 Å². The average Bonchev–Trinajstić information content (AvgIpc) is 2.45. The van der Waals surface area contributed by atoms with Gasteiger partial charge in [0.15, 0.2) is 0 Å². The highest BCUT2D eigenvalue weighted by Crippen LogP contribution is 2.35. The van der Waals surface area contributed by atoms with E-state index in [1.807, 2.05) is 12.1 Å². The Labute approximate surface area is 73.5 Å². The second-order valence-corrected chi connectivity index (χ2v) is 3.34. The number of hydrogen-bond donors (Lipinski definition) is 1. The quantitative estimate of drug-likeness (QED) is 0.670. The molecule has 0 saturated carbocycles. The van der Waals surface area contributed by atoms with Gasteiger partial charge < -0.3 is 10.5 Å². The molecule has 0 fully saturated rings. The zero-order valence-corrected chi connectivity index (χ0v) is 7.52. The second-order valence-electron chi connectivity index (χ2n) is 2.54. The van der Waals surface area contributed by atoms with Crippen LogP contribution in [0.5, 0.6) is 5.75 Å². The molecule has 0 amide bonds. The highest BCUT2D eigenvalue weighted by atomic mass is 79.9. The summed E-state index contributed by atoms with van der Waals surface area (Å²) in [4.78, 5) is 0. The molecular weight excluding hydrogens is 206 g/mol. The third-order valence-corrected chi connectivity index (χ3v) is 2.78. The van der Waals surface area contributed by atoms with Gasteiger partial charge in [-0.15, -0.1) is 0 Å². The number of rotatable bonds is 0. The van der Waals surface area contributed by atoms with Crippen molar-refractivity contribution >= 4 is 21.6 Å². The smallest absolute Gasteiger partial charge is 0.123 e. The van der Waals surface area contributed by atoms with Gasteiger partial charge in [0, 0.05) is 22.1 Å². The molecule has 3 heteroatoms. The van der Waals surface area contributed by atoms with Crippen molar-refractivity contribution in [2.45, 2.75) is 6.42 Å². The van der Waals surface area contributed by atoms with E-state index >= 15 is 0 Å². The van der Waals surface area contributed by atoms with Crippen molar-refractivity contribution in [3.8, 4) is 5.75 Å². The van der Waals surface area contributed by atoms with Crippen molar-refractivity contribution in [3.63, 3.8) is 0 Å². The van der Waals surface area contributed by atoms with Crippen LogP contribution in [0.1, 0.15) is 5.56 Å². The molecule has 0 spiro atoms. The van der Waals surface area contributed by atoms with E-state index in [2.05, 4.69) is 15.9 Å². The SMILES string of the molecule is Nc1ccc2c(c1Br)CCO2. The van der Waals surface area contributed by atoms with Crippen LogP contribution in [0.15, 0.2) is 16.6 Å². The van der Waals surface area contributed by atoms with Gasteiger partial charge in [-0.1, -0.05) is 0 Å². The predicted octanol–water partition coefficient (Wildman–Crippen LogP) is 1.97. The van der Waals surface area contributed by atoms with E-state index in [9.17, 15) is 0 Å². The van der Waals surface area contributed by atoms with Gasteiger partial charge in [-0.05, 0) is 28.1 Å². The Hall–Kier alpha value is -0.700. The normalized spacial score (nSPS) is 14.3. The van der Waals surface area contributed by atoms with E-state index in [0.29, 0.717) is 0 Å². The molecule has 2 rings (SSSR count). The van der Waals surface area contributed by atoms with E-state index in [-0.39, 0.29) is 0 Å². The number of benzene rings is 1. The van der Waals surface area contributed by atoms with E-state index in [4.69, 9.17) is 10.5 Å². The molecule has 0 aromatic heterocycles. The maximum Gasteiger partial charge on any atom is 0.123 e. The first-order valence-electron chi connectivity index (χ1n) is 3.48. The summed E-state index contributed by atoms with van der Waals surface area (Å²) < 4.78 is 6.34. The van der Waals surface area contributed by atoms with Crippen molar-refractivity contribution in [2.24, 2.45) is 0 Å². The lowest BCUT2D eigenvalue weighted by atomic mass is 10.1. The molecular formula is C8H8BrNO. The molecule has 11 heavy (non-hydrogen) atoms. The van der Waals surface area contributed by atoms with E-state index in [0.717, 1.165) is 28.9 Å². The Morgan fingerprint density at radius 2 is 2.27 bits per heavy atom. The van der Waals surface area contributed by atoms with E-state index < -0.39 is 0 Å². The molecule has 1 aromatic rings. The van der Waals surface area contributed by atoms with Gasteiger partial charge in [-0.2, -0.15) is 0 Å². The first-order chi connectivity index (χ1) is 5.29. The Morgan fingerprint density at radius 1 is 1.45 bits per heavy atom. The van der Waals surface area contributed by atoms with Crippen LogP contribution in [-0.2, 0) is 6.42 Å². The number of ether oxygens (including phenoxy) is 1. The molecule has 1 aliphatic rings. The minimum Gasteiger partial charge on any atom is -0.493 e. The molecule has 1 aliphatic heterocycles. The van der Waals surface area contributed by atoms with Crippen molar-refractivity contribution < 1.29 is 4.74 Å². The van der Waals surface area contributed by atoms with Crippen LogP contribution in [-0.4, -0.2) is 6.61 Å². The fourth-order valence-corrected chi connectivity index (χ4v) is 1.78. The maximum absolute atomic E-state index is 5.69. The molecule has 2 nitrogen and oxygen atoms in total. The highest BCUT2D eigenvalue weighted by Gasteiger charge is 2.15. The Kier molecular flexibility index (Phi) is 1.53.